The van der Waals surface area contributed by atoms with E-state index >= 15 is 0 Å². The summed E-state index contributed by atoms with van der Waals surface area (Å²) in [6.45, 7) is 4.23. The summed E-state index contributed by atoms with van der Waals surface area (Å²) in [5.41, 5.74) is 0.819. The molecule has 0 unspecified atom stereocenters. The van der Waals surface area contributed by atoms with Gasteiger partial charge < -0.3 is 10.6 Å². The van der Waals surface area contributed by atoms with Crippen LogP contribution in [0.25, 0.3) is 0 Å². The third-order valence-electron chi connectivity index (χ3n) is 3.58. The van der Waals surface area contributed by atoms with E-state index in [2.05, 4.69) is 22.7 Å². The van der Waals surface area contributed by atoms with Gasteiger partial charge >= 0.3 is 0 Å². The van der Waals surface area contributed by atoms with Crippen LogP contribution < -0.4 is 10.6 Å². The molecule has 0 radical (unpaired) electrons. The normalized spacial score (nSPS) is 16.5. The molecule has 1 aliphatic heterocycles. The Labute approximate surface area is 114 Å². The molecule has 2 heterocycles. The summed E-state index contributed by atoms with van der Waals surface area (Å²) in [7, 11) is 0. The number of hydrogen-bond donors (Lipinski definition) is 2. The first kappa shape index (κ1) is 14.1. The van der Waals surface area contributed by atoms with Crippen LogP contribution in [0.3, 0.4) is 0 Å². The standard InChI is InChI=1S/C14H24N4O/c1-2-3-4-5-14(19)17-12-10-16-18(11-12)13-6-8-15-9-7-13/h10-11,13,15H,2-9H2,1H3,(H,17,19). The molecule has 1 fully saturated rings. The second-order valence-corrected chi connectivity index (χ2v) is 5.20. The topological polar surface area (TPSA) is 59.0 Å². The van der Waals surface area contributed by atoms with Crippen molar-refractivity contribution in [2.75, 3.05) is 18.4 Å². The molecule has 1 aromatic rings. The number of anilines is 1. The fourth-order valence-corrected chi connectivity index (χ4v) is 2.43. The van der Waals surface area contributed by atoms with Gasteiger partial charge in [-0.25, -0.2) is 0 Å². The third kappa shape index (κ3) is 4.35. The molecule has 2 N–H and O–H groups in total. The monoisotopic (exact) mass is 264 g/mol. The molecular weight excluding hydrogens is 240 g/mol. The molecule has 0 spiro atoms. The molecule has 1 amide bonds. The lowest BCUT2D eigenvalue weighted by Gasteiger charge is -2.22. The minimum Gasteiger partial charge on any atom is -0.323 e. The van der Waals surface area contributed by atoms with Gasteiger partial charge in [-0.15, -0.1) is 0 Å². The number of rotatable bonds is 6. The lowest BCUT2D eigenvalue weighted by molar-refractivity contribution is -0.116. The lowest BCUT2D eigenvalue weighted by atomic mass is 10.1. The summed E-state index contributed by atoms with van der Waals surface area (Å²) in [5, 5.41) is 10.6. The number of nitrogens with one attached hydrogen (secondary N) is 2. The van der Waals surface area contributed by atoms with Crippen LogP contribution in [0.1, 0.15) is 51.5 Å². The zero-order valence-corrected chi connectivity index (χ0v) is 11.7. The Morgan fingerprint density at radius 1 is 1.47 bits per heavy atom. The van der Waals surface area contributed by atoms with E-state index in [9.17, 15) is 4.79 Å². The van der Waals surface area contributed by atoms with Crippen LogP contribution >= 0.6 is 0 Å². The van der Waals surface area contributed by atoms with E-state index in [1.165, 1.54) is 0 Å². The van der Waals surface area contributed by atoms with E-state index in [0.717, 1.165) is 50.9 Å². The minimum atomic E-state index is 0.0957. The van der Waals surface area contributed by atoms with E-state index in [4.69, 9.17) is 0 Å². The Hall–Kier alpha value is -1.36. The third-order valence-corrected chi connectivity index (χ3v) is 3.58. The quantitative estimate of drug-likeness (QED) is 0.775. The van der Waals surface area contributed by atoms with Crippen LogP contribution in [0.2, 0.25) is 0 Å². The molecule has 0 bridgehead atoms. The summed E-state index contributed by atoms with van der Waals surface area (Å²) >= 11 is 0. The van der Waals surface area contributed by atoms with Crippen LogP contribution in [0.5, 0.6) is 0 Å². The number of piperidine rings is 1. The summed E-state index contributed by atoms with van der Waals surface area (Å²) in [4.78, 5) is 11.7. The average Bonchev–Trinajstić information content (AvgIpc) is 2.88. The number of carbonyl (C=O) groups is 1. The van der Waals surface area contributed by atoms with Crippen LogP contribution in [-0.2, 0) is 4.79 Å². The molecular formula is C14H24N4O. The highest BCUT2D eigenvalue weighted by Crippen LogP contribution is 2.19. The highest BCUT2D eigenvalue weighted by Gasteiger charge is 2.15. The molecule has 2 rings (SSSR count). The van der Waals surface area contributed by atoms with E-state index in [1.807, 2.05) is 10.9 Å². The molecule has 0 atom stereocenters. The summed E-state index contributed by atoms with van der Waals surface area (Å²) in [5.74, 6) is 0.0957. The molecule has 0 aliphatic carbocycles. The SMILES string of the molecule is CCCCCC(=O)Nc1cnn(C2CCNCC2)c1. The molecule has 0 aromatic carbocycles. The van der Waals surface area contributed by atoms with Gasteiger partial charge in [0.2, 0.25) is 5.91 Å². The number of nitrogens with zero attached hydrogens (tertiary/aromatic N) is 2. The Kier molecular flexibility index (Phi) is 5.39. The van der Waals surface area contributed by atoms with Crippen molar-refractivity contribution in [3.05, 3.63) is 12.4 Å². The number of aromatic nitrogens is 2. The molecule has 1 aliphatic rings. The smallest absolute Gasteiger partial charge is 0.224 e. The van der Waals surface area contributed by atoms with Crippen LogP contribution in [0.15, 0.2) is 12.4 Å². The van der Waals surface area contributed by atoms with Crippen molar-refractivity contribution >= 4 is 11.6 Å². The second kappa shape index (κ2) is 7.28. The van der Waals surface area contributed by atoms with Crippen molar-refractivity contribution in [1.82, 2.24) is 15.1 Å². The lowest BCUT2D eigenvalue weighted by Crippen LogP contribution is -2.29. The van der Waals surface area contributed by atoms with E-state index in [0.29, 0.717) is 12.5 Å². The van der Waals surface area contributed by atoms with Crippen molar-refractivity contribution in [2.24, 2.45) is 0 Å². The maximum absolute atomic E-state index is 11.7. The maximum atomic E-state index is 11.7. The Balaban J connectivity index is 1.81. The fourth-order valence-electron chi connectivity index (χ4n) is 2.43. The number of hydrogen-bond acceptors (Lipinski definition) is 3. The largest absolute Gasteiger partial charge is 0.323 e. The summed E-state index contributed by atoms with van der Waals surface area (Å²) < 4.78 is 1.99. The Morgan fingerprint density at radius 2 is 2.26 bits per heavy atom. The Bertz CT molecular complexity index is 396. The van der Waals surface area contributed by atoms with Crippen LogP contribution in [0, 0.1) is 0 Å². The molecule has 1 aromatic heterocycles. The molecule has 0 saturated carbocycles. The molecule has 1 saturated heterocycles. The molecule has 19 heavy (non-hydrogen) atoms. The predicted molar refractivity (Wildman–Crippen MR) is 76.1 cm³/mol. The maximum Gasteiger partial charge on any atom is 0.224 e. The van der Waals surface area contributed by atoms with E-state index < -0.39 is 0 Å². The summed E-state index contributed by atoms with van der Waals surface area (Å²) in [6.07, 6.45) is 9.73. The van der Waals surface area contributed by atoms with E-state index in [-0.39, 0.29) is 5.91 Å². The highest BCUT2D eigenvalue weighted by atomic mass is 16.1. The first-order valence-electron chi connectivity index (χ1n) is 7.34. The van der Waals surface area contributed by atoms with Crippen molar-refractivity contribution < 1.29 is 4.79 Å². The molecule has 5 heteroatoms. The Morgan fingerprint density at radius 3 is 3.00 bits per heavy atom. The van der Waals surface area contributed by atoms with Gasteiger partial charge in [0.1, 0.15) is 0 Å². The van der Waals surface area contributed by atoms with Crippen molar-refractivity contribution in [2.45, 2.75) is 51.5 Å². The fraction of sp³-hybridized carbons (Fsp3) is 0.714. The predicted octanol–water partition coefficient (Wildman–Crippen LogP) is 2.33. The number of unbranched alkanes of at least 4 members (excludes halogenated alkanes) is 2. The second-order valence-electron chi connectivity index (χ2n) is 5.20. The highest BCUT2D eigenvalue weighted by molar-refractivity contribution is 5.90. The van der Waals surface area contributed by atoms with Crippen molar-refractivity contribution in [3.8, 4) is 0 Å². The van der Waals surface area contributed by atoms with Gasteiger partial charge in [-0.2, -0.15) is 5.10 Å². The van der Waals surface area contributed by atoms with Gasteiger partial charge in [0.05, 0.1) is 17.9 Å². The van der Waals surface area contributed by atoms with Gasteiger partial charge in [-0.1, -0.05) is 19.8 Å². The van der Waals surface area contributed by atoms with Crippen molar-refractivity contribution in [3.63, 3.8) is 0 Å². The zero-order chi connectivity index (χ0) is 13.5. The van der Waals surface area contributed by atoms with Gasteiger partial charge in [0.15, 0.2) is 0 Å². The van der Waals surface area contributed by atoms with Gasteiger partial charge in [-0.05, 0) is 32.4 Å². The summed E-state index contributed by atoms with van der Waals surface area (Å²) in [6, 6.07) is 0.465. The van der Waals surface area contributed by atoms with Crippen LogP contribution in [-0.4, -0.2) is 28.8 Å². The van der Waals surface area contributed by atoms with Gasteiger partial charge in [0.25, 0.3) is 0 Å². The zero-order valence-electron chi connectivity index (χ0n) is 11.7. The first-order chi connectivity index (χ1) is 9.29. The molecule has 5 nitrogen and oxygen atoms in total. The van der Waals surface area contributed by atoms with Crippen molar-refractivity contribution in [1.29, 1.82) is 0 Å². The van der Waals surface area contributed by atoms with Crippen LogP contribution in [0.4, 0.5) is 5.69 Å². The average molecular weight is 264 g/mol. The van der Waals surface area contributed by atoms with Gasteiger partial charge in [-0.3, -0.25) is 9.48 Å². The number of carbonyl (C=O) groups excluding carboxylic acids is 1. The number of amides is 1. The van der Waals surface area contributed by atoms with E-state index in [1.54, 1.807) is 6.20 Å². The van der Waals surface area contributed by atoms with Gasteiger partial charge in [0, 0.05) is 12.6 Å². The molecule has 106 valence electrons. The minimum absolute atomic E-state index is 0.0957. The first-order valence-corrected chi connectivity index (χ1v) is 7.34.